The first-order chi connectivity index (χ1) is 12.3. The Morgan fingerprint density at radius 3 is 2.42 bits per heavy atom. The molecule has 2 heterocycles. The number of nitrogens with one attached hydrogen (secondary N) is 1. The smallest absolute Gasteiger partial charge is 0.239 e. The third kappa shape index (κ3) is 3.59. The molecule has 2 aliphatic rings. The molecule has 1 aromatic rings. The number of nitrogens with zero attached hydrogens (tertiary/aromatic N) is 1. The normalized spacial score (nSPS) is 19.6. The zero-order valence-corrected chi connectivity index (χ0v) is 16.2. The minimum Gasteiger partial charge on any atom is -0.347 e. The fourth-order valence-corrected chi connectivity index (χ4v) is 3.52. The molecule has 6 nitrogen and oxygen atoms in total. The molecule has 1 N–H and O–H groups in total. The number of ether oxygens (including phenoxy) is 2. The van der Waals surface area contributed by atoms with E-state index in [0.717, 1.165) is 5.56 Å². The second-order valence-electron chi connectivity index (χ2n) is 7.39. The number of likely N-dealkylation sites (tertiary alicyclic amines) is 1. The van der Waals surface area contributed by atoms with Crippen molar-refractivity contribution in [2.75, 3.05) is 31.6 Å². The minimum atomic E-state index is -1.18. The molecule has 7 heteroatoms. The summed E-state index contributed by atoms with van der Waals surface area (Å²) in [6.07, 6.45) is 1.26. The average Bonchev–Trinajstić information content (AvgIpc) is 3.07. The van der Waals surface area contributed by atoms with Gasteiger partial charge >= 0.3 is 0 Å². The Morgan fingerprint density at radius 1 is 1.19 bits per heavy atom. The number of rotatable bonds is 3. The van der Waals surface area contributed by atoms with Gasteiger partial charge in [-0.1, -0.05) is 17.7 Å². The Bertz CT molecular complexity index is 703. The van der Waals surface area contributed by atoms with Crippen LogP contribution in [-0.2, 0) is 19.1 Å². The molecule has 2 amide bonds. The number of piperidine rings is 1. The lowest BCUT2D eigenvalue weighted by molar-refractivity contribution is -0.189. The van der Waals surface area contributed by atoms with Crippen LogP contribution in [0.25, 0.3) is 0 Å². The maximum atomic E-state index is 13.0. The van der Waals surface area contributed by atoms with Gasteiger partial charge in [0.1, 0.15) is 5.41 Å². The van der Waals surface area contributed by atoms with Crippen molar-refractivity contribution >= 4 is 29.1 Å². The molecule has 0 radical (unpaired) electrons. The molecular weight excluding hydrogens is 356 g/mol. The molecule has 2 aliphatic heterocycles. The van der Waals surface area contributed by atoms with Crippen molar-refractivity contribution in [3.8, 4) is 0 Å². The molecule has 0 saturated carbocycles. The lowest BCUT2D eigenvalue weighted by Crippen LogP contribution is -2.53. The van der Waals surface area contributed by atoms with E-state index in [-0.39, 0.29) is 11.8 Å². The van der Waals surface area contributed by atoms with Crippen LogP contribution in [0, 0.1) is 12.3 Å². The van der Waals surface area contributed by atoms with Crippen molar-refractivity contribution < 1.29 is 19.1 Å². The van der Waals surface area contributed by atoms with E-state index in [2.05, 4.69) is 5.32 Å². The van der Waals surface area contributed by atoms with Crippen molar-refractivity contribution in [3.63, 3.8) is 0 Å². The number of anilines is 1. The van der Waals surface area contributed by atoms with Gasteiger partial charge in [-0.05, 0) is 38.5 Å². The molecule has 2 saturated heterocycles. The summed E-state index contributed by atoms with van der Waals surface area (Å²) in [7, 11) is 0. The van der Waals surface area contributed by atoms with Gasteiger partial charge in [0.05, 0.1) is 13.2 Å². The third-order valence-corrected chi connectivity index (χ3v) is 5.65. The molecule has 0 atom stereocenters. The van der Waals surface area contributed by atoms with E-state index < -0.39 is 11.2 Å². The maximum absolute atomic E-state index is 13.0. The van der Waals surface area contributed by atoms with Gasteiger partial charge in [-0.3, -0.25) is 9.59 Å². The Labute approximate surface area is 158 Å². The standard InChI is InChI=1S/C19H25ClN2O4/c1-13-14(20)5-4-6-15(13)21-16(23)18(2,3)17(24)22-9-7-19(8-10-22)25-11-12-26-19/h4-6H,7-12H2,1-3H3,(H,21,23). The van der Waals surface area contributed by atoms with Crippen molar-refractivity contribution in [1.29, 1.82) is 0 Å². The summed E-state index contributed by atoms with van der Waals surface area (Å²) in [5.74, 6) is -1.08. The van der Waals surface area contributed by atoms with Crippen LogP contribution in [0.2, 0.25) is 5.02 Å². The number of benzene rings is 1. The fraction of sp³-hybridized carbons (Fsp3) is 0.579. The Morgan fingerprint density at radius 2 is 1.81 bits per heavy atom. The second-order valence-corrected chi connectivity index (χ2v) is 7.80. The number of amides is 2. The Hall–Kier alpha value is -1.63. The van der Waals surface area contributed by atoms with Gasteiger partial charge in [-0.25, -0.2) is 0 Å². The van der Waals surface area contributed by atoms with E-state index in [1.54, 1.807) is 36.9 Å². The van der Waals surface area contributed by atoms with E-state index in [1.165, 1.54) is 0 Å². The first-order valence-electron chi connectivity index (χ1n) is 8.89. The number of hydrogen-bond acceptors (Lipinski definition) is 4. The summed E-state index contributed by atoms with van der Waals surface area (Å²) in [4.78, 5) is 27.5. The summed E-state index contributed by atoms with van der Waals surface area (Å²) >= 11 is 6.10. The molecule has 1 aromatic carbocycles. The van der Waals surface area contributed by atoms with Crippen molar-refractivity contribution in [2.45, 2.75) is 39.4 Å². The zero-order chi connectivity index (χ0) is 18.9. The van der Waals surface area contributed by atoms with Gasteiger partial charge < -0.3 is 19.7 Å². The van der Waals surface area contributed by atoms with Crippen LogP contribution >= 0.6 is 11.6 Å². The molecule has 2 fully saturated rings. The third-order valence-electron chi connectivity index (χ3n) is 5.24. The lowest BCUT2D eigenvalue weighted by Gasteiger charge is -2.40. The van der Waals surface area contributed by atoms with Crippen molar-refractivity contribution in [1.82, 2.24) is 4.90 Å². The topological polar surface area (TPSA) is 67.9 Å². The average molecular weight is 381 g/mol. The van der Waals surface area contributed by atoms with Gasteiger partial charge in [0, 0.05) is 36.6 Å². The molecule has 142 valence electrons. The predicted molar refractivity (Wildman–Crippen MR) is 99.0 cm³/mol. The van der Waals surface area contributed by atoms with Gasteiger partial charge in [-0.15, -0.1) is 0 Å². The van der Waals surface area contributed by atoms with E-state index >= 15 is 0 Å². The number of carbonyl (C=O) groups excluding carboxylic acids is 2. The number of hydrogen-bond donors (Lipinski definition) is 1. The summed E-state index contributed by atoms with van der Waals surface area (Å²) in [6, 6.07) is 5.31. The van der Waals surface area contributed by atoms with E-state index in [9.17, 15) is 9.59 Å². The Kier molecular flexibility index (Phi) is 5.28. The van der Waals surface area contributed by atoms with Crippen LogP contribution in [0.4, 0.5) is 5.69 Å². The summed E-state index contributed by atoms with van der Waals surface area (Å²) in [5.41, 5.74) is 0.214. The molecule has 3 rings (SSSR count). The van der Waals surface area contributed by atoms with Crippen LogP contribution in [0.3, 0.4) is 0 Å². The molecule has 0 aliphatic carbocycles. The number of halogens is 1. The summed E-state index contributed by atoms with van der Waals surface area (Å²) in [5, 5.41) is 3.41. The first-order valence-corrected chi connectivity index (χ1v) is 9.27. The molecular formula is C19H25ClN2O4. The Balaban J connectivity index is 1.66. The van der Waals surface area contributed by atoms with Crippen LogP contribution in [0.15, 0.2) is 18.2 Å². The van der Waals surface area contributed by atoms with E-state index in [0.29, 0.717) is 49.9 Å². The number of carbonyl (C=O) groups is 2. The largest absolute Gasteiger partial charge is 0.347 e. The zero-order valence-electron chi connectivity index (χ0n) is 15.4. The minimum absolute atomic E-state index is 0.192. The molecule has 0 unspecified atom stereocenters. The molecule has 26 heavy (non-hydrogen) atoms. The van der Waals surface area contributed by atoms with Gasteiger partial charge in [0.15, 0.2) is 5.79 Å². The van der Waals surface area contributed by atoms with Gasteiger partial charge in [0.2, 0.25) is 11.8 Å². The quantitative estimate of drug-likeness (QED) is 0.818. The van der Waals surface area contributed by atoms with Crippen LogP contribution in [0.5, 0.6) is 0 Å². The SMILES string of the molecule is Cc1c(Cl)cccc1NC(=O)C(C)(C)C(=O)N1CCC2(CC1)OCCO2. The highest BCUT2D eigenvalue weighted by Crippen LogP contribution is 2.33. The first kappa shape index (κ1) is 19.1. The lowest BCUT2D eigenvalue weighted by atomic mass is 9.88. The van der Waals surface area contributed by atoms with Crippen LogP contribution in [0.1, 0.15) is 32.3 Å². The summed E-state index contributed by atoms with van der Waals surface area (Å²) < 4.78 is 11.4. The highest BCUT2D eigenvalue weighted by Gasteiger charge is 2.45. The maximum Gasteiger partial charge on any atom is 0.239 e. The highest BCUT2D eigenvalue weighted by atomic mass is 35.5. The molecule has 0 aromatic heterocycles. The van der Waals surface area contributed by atoms with Crippen molar-refractivity contribution in [3.05, 3.63) is 28.8 Å². The van der Waals surface area contributed by atoms with Crippen LogP contribution < -0.4 is 5.32 Å². The summed E-state index contributed by atoms with van der Waals surface area (Å²) in [6.45, 7) is 7.37. The van der Waals surface area contributed by atoms with E-state index in [1.807, 2.05) is 6.92 Å². The molecule has 0 bridgehead atoms. The van der Waals surface area contributed by atoms with E-state index in [4.69, 9.17) is 21.1 Å². The van der Waals surface area contributed by atoms with Crippen molar-refractivity contribution in [2.24, 2.45) is 5.41 Å². The second kappa shape index (κ2) is 7.18. The van der Waals surface area contributed by atoms with Crippen LogP contribution in [-0.4, -0.2) is 48.8 Å². The predicted octanol–water partition coefficient (Wildman–Crippen LogP) is 2.98. The van der Waals surface area contributed by atoms with Gasteiger partial charge in [0.25, 0.3) is 0 Å². The monoisotopic (exact) mass is 380 g/mol. The highest BCUT2D eigenvalue weighted by molar-refractivity contribution is 6.31. The molecule has 1 spiro atoms. The van der Waals surface area contributed by atoms with Gasteiger partial charge in [-0.2, -0.15) is 0 Å². The fourth-order valence-electron chi connectivity index (χ4n) is 3.35.